The number of hydrogen-bond acceptors (Lipinski definition) is 2. The third-order valence-corrected chi connectivity index (χ3v) is 45.4. The Kier molecular flexibility index (Phi) is 7.30. The third kappa shape index (κ3) is 5.19. The van der Waals surface area contributed by atoms with Crippen LogP contribution >= 0.6 is 0 Å². The topological polar surface area (TPSA) is 12.5 Å². The molecule has 0 spiro atoms. The van der Waals surface area contributed by atoms with Crippen molar-refractivity contribution < 1.29 is 4.43 Å². The van der Waals surface area contributed by atoms with E-state index in [1.165, 1.54) is 32.4 Å². The molecule has 150 valence electrons. The molecule has 1 rings (SSSR count). The van der Waals surface area contributed by atoms with E-state index in [1.54, 1.807) is 0 Å². The Balaban J connectivity index is 3.70. The second-order valence-corrected chi connectivity index (χ2v) is 43.5. The largest absolute Gasteiger partial charge is 0.416 e. The first-order valence-electron chi connectivity index (χ1n) is 10.4. The minimum absolute atomic E-state index is 0.227. The molecule has 1 unspecified atom stereocenters. The quantitative estimate of drug-likeness (QED) is 0.487. The third-order valence-electron chi connectivity index (χ3n) is 5.78. The first-order chi connectivity index (χ1) is 10.9. The Morgan fingerprint density at radius 2 is 1.12 bits per heavy atom. The lowest BCUT2D eigenvalue weighted by Crippen LogP contribution is -2.88. The van der Waals surface area contributed by atoms with Gasteiger partial charge in [-0.2, -0.15) is 0 Å². The molecule has 1 atom stereocenters. The van der Waals surface area contributed by atoms with Gasteiger partial charge in [0.25, 0.3) is 0 Å². The summed E-state index contributed by atoms with van der Waals surface area (Å²) in [5.74, 6) is 0. The lowest BCUT2D eigenvalue weighted by molar-refractivity contribution is 0.131. The Morgan fingerprint density at radius 3 is 1.40 bits per heavy atom. The molecule has 0 aromatic rings. The van der Waals surface area contributed by atoms with Crippen molar-refractivity contribution in [1.82, 2.24) is 4.57 Å². The van der Waals surface area contributed by atoms with Gasteiger partial charge in [0, 0.05) is 0 Å². The number of nitrogens with zero attached hydrogens (tertiary/aromatic N) is 1. The molecule has 1 saturated heterocycles. The van der Waals surface area contributed by atoms with Gasteiger partial charge in [-0.25, -0.2) is 0 Å². The van der Waals surface area contributed by atoms with Crippen molar-refractivity contribution in [2.24, 2.45) is 5.41 Å². The first kappa shape index (κ1) is 23.8. The molecule has 0 N–H and O–H groups in total. The van der Waals surface area contributed by atoms with Crippen molar-refractivity contribution in [2.45, 2.75) is 105 Å². The SMILES string of the molecule is CC(C)(C)C(O[Si](C)(C)C)[Si](N1CCCCC1)([Si](C)(C)C)[Si](C)(C)C. The van der Waals surface area contributed by atoms with Crippen molar-refractivity contribution in [3.05, 3.63) is 0 Å². The van der Waals surface area contributed by atoms with Gasteiger partial charge in [-0.15, -0.1) is 0 Å². The Morgan fingerprint density at radius 1 is 0.720 bits per heavy atom. The van der Waals surface area contributed by atoms with Gasteiger partial charge in [0.15, 0.2) is 8.32 Å². The molecule has 6 heteroatoms. The van der Waals surface area contributed by atoms with E-state index < -0.39 is 30.8 Å². The van der Waals surface area contributed by atoms with Gasteiger partial charge in [0.05, 0.1) is 20.9 Å². The monoisotopic (exact) mass is 417 g/mol. The van der Waals surface area contributed by atoms with Crippen molar-refractivity contribution >= 4 is 30.8 Å². The molecule has 25 heavy (non-hydrogen) atoms. The second kappa shape index (κ2) is 7.66. The maximum absolute atomic E-state index is 7.20. The smallest absolute Gasteiger partial charge is 0.183 e. The predicted octanol–water partition coefficient (Wildman–Crippen LogP) is 6.06. The van der Waals surface area contributed by atoms with Gasteiger partial charge < -0.3 is 8.99 Å². The van der Waals surface area contributed by atoms with E-state index in [2.05, 4.69) is 84.3 Å². The lowest BCUT2D eigenvalue weighted by Gasteiger charge is -2.64. The van der Waals surface area contributed by atoms with E-state index >= 15 is 0 Å². The van der Waals surface area contributed by atoms with Crippen LogP contribution < -0.4 is 0 Å². The molecule has 0 aromatic carbocycles. The summed E-state index contributed by atoms with van der Waals surface area (Å²) in [5.41, 5.74) is 0.702. The normalized spacial score (nSPS) is 20.6. The first-order valence-corrected chi connectivity index (χ1v) is 24.8. The van der Waals surface area contributed by atoms with E-state index in [1.807, 2.05) is 0 Å². The fourth-order valence-corrected chi connectivity index (χ4v) is 59.1. The zero-order valence-electron chi connectivity index (χ0n) is 19.5. The van der Waals surface area contributed by atoms with Crippen LogP contribution in [0.1, 0.15) is 40.0 Å². The molecule has 1 aliphatic rings. The summed E-state index contributed by atoms with van der Waals surface area (Å²) in [6, 6.07) is 0. The predicted molar refractivity (Wildman–Crippen MR) is 126 cm³/mol. The summed E-state index contributed by atoms with van der Waals surface area (Å²) in [6.07, 6.45) is 4.22. The van der Waals surface area contributed by atoms with Gasteiger partial charge >= 0.3 is 0 Å². The fraction of sp³-hybridized carbons (Fsp3) is 1.00. The van der Waals surface area contributed by atoms with Gasteiger partial charge in [-0.05, 0) is 51.0 Å². The molecule has 1 heterocycles. The molecule has 0 saturated carbocycles. The molecule has 0 aromatic heterocycles. The van der Waals surface area contributed by atoms with Crippen LogP contribution in [0.5, 0.6) is 0 Å². The van der Waals surface area contributed by atoms with Crippen LogP contribution in [-0.2, 0) is 4.43 Å². The Bertz CT molecular complexity index is 420. The molecule has 0 bridgehead atoms. The van der Waals surface area contributed by atoms with E-state index in [-0.39, 0.29) is 5.41 Å². The van der Waals surface area contributed by atoms with Crippen LogP contribution in [0.3, 0.4) is 0 Å². The molecular formula is C19H47NOSi4. The van der Waals surface area contributed by atoms with Crippen LogP contribution in [0.2, 0.25) is 58.9 Å². The van der Waals surface area contributed by atoms with E-state index in [0.717, 1.165) is 0 Å². The van der Waals surface area contributed by atoms with Crippen LogP contribution in [0.25, 0.3) is 0 Å². The molecule has 0 amide bonds. The number of hydrogen-bond donors (Lipinski definition) is 0. The molecular weight excluding hydrogens is 371 g/mol. The minimum atomic E-state index is -1.75. The van der Waals surface area contributed by atoms with Gasteiger partial charge in [-0.3, -0.25) is 0 Å². The summed E-state index contributed by atoms with van der Waals surface area (Å²) in [7, 11) is -6.17. The average molecular weight is 418 g/mol. The van der Waals surface area contributed by atoms with Crippen molar-refractivity contribution in [1.29, 1.82) is 0 Å². The molecule has 0 radical (unpaired) electrons. The highest BCUT2D eigenvalue weighted by Crippen LogP contribution is 2.44. The molecule has 1 aliphatic heterocycles. The molecule has 2 nitrogen and oxygen atoms in total. The summed E-state index contributed by atoms with van der Waals surface area (Å²) >= 11 is 0. The highest BCUT2D eigenvalue weighted by atomic mass is 29.6. The van der Waals surface area contributed by atoms with Crippen LogP contribution in [0.4, 0.5) is 0 Å². The summed E-state index contributed by atoms with van der Waals surface area (Å²) < 4.78 is 10.3. The van der Waals surface area contributed by atoms with Crippen LogP contribution in [-0.4, -0.2) is 54.2 Å². The van der Waals surface area contributed by atoms with Gasteiger partial charge in [-0.1, -0.05) is 66.5 Å². The van der Waals surface area contributed by atoms with E-state index in [0.29, 0.717) is 5.73 Å². The summed E-state index contributed by atoms with van der Waals surface area (Å²) in [6.45, 7) is 33.3. The second-order valence-electron chi connectivity index (χ2n) is 12.3. The van der Waals surface area contributed by atoms with Gasteiger partial charge in [0.1, 0.15) is 7.27 Å². The maximum Gasteiger partial charge on any atom is 0.183 e. The van der Waals surface area contributed by atoms with Crippen molar-refractivity contribution in [2.75, 3.05) is 13.1 Å². The van der Waals surface area contributed by atoms with Crippen molar-refractivity contribution in [3.8, 4) is 0 Å². The average Bonchev–Trinajstić information content (AvgIpc) is 2.33. The summed E-state index contributed by atoms with van der Waals surface area (Å²) in [5, 5.41) is 0. The summed E-state index contributed by atoms with van der Waals surface area (Å²) in [4.78, 5) is 0. The van der Waals surface area contributed by atoms with Crippen molar-refractivity contribution in [3.63, 3.8) is 0 Å². The fourth-order valence-electron chi connectivity index (χ4n) is 5.51. The lowest BCUT2D eigenvalue weighted by atomic mass is 9.98. The number of piperidine rings is 1. The standard InChI is InChI=1S/C19H47NOSi4/c1-19(2,3)18(21-22(4,5)6)25(23(7,8)9,24(10,11)12)20-16-14-13-15-17-20/h18H,13-17H2,1-12H3. The highest BCUT2D eigenvalue weighted by Gasteiger charge is 2.65. The Labute approximate surface area is 162 Å². The van der Waals surface area contributed by atoms with Crippen LogP contribution in [0, 0.1) is 5.41 Å². The minimum Gasteiger partial charge on any atom is -0.416 e. The molecule has 1 fully saturated rings. The zero-order chi connectivity index (χ0) is 19.9. The van der Waals surface area contributed by atoms with E-state index in [4.69, 9.17) is 4.43 Å². The van der Waals surface area contributed by atoms with Gasteiger partial charge in [0.2, 0.25) is 0 Å². The molecule has 0 aliphatic carbocycles. The highest BCUT2D eigenvalue weighted by molar-refractivity contribution is 7.68. The van der Waals surface area contributed by atoms with Crippen LogP contribution in [0.15, 0.2) is 0 Å². The maximum atomic E-state index is 7.20. The van der Waals surface area contributed by atoms with E-state index in [9.17, 15) is 0 Å². The Hall–Kier alpha value is 0.788. The zero-order valence-corrected chi connectivity index (χ0v) is 23.5. The number of rotatable bonds is 6.